The average molecular weight is 228 g/mol. The van der Waals surface area contributed by atoms with Gasteiger partial charge in [0.1, 0.15) is 6.04 Å². The highest BCUT2D eigenvalue weighted by Crippen LogP contribution is 2.24. The van der Waals surface area contributed by atoms with Crippen LogP contribution < -0.4 is 5.32 Å². The van der Waals surface area contributed by atoms with Crippen molar-refractivity contribution in [3.63, 3.8) is 0 Å². The third-order valence-electron chi connectivity index (χ3n) is 1.89. The van der Waals surface area contributed by atoms with E-state index in [2.05, 4.69) is 5.32 Å². The largest absolute Gasteiger partial charge is 0.405 e. The zero-order valence-corrected chi connectivity index (χ0v) is 10.3. The number of nitrogens with one attached hydrogen (secondary N) is 1. The van der Waals surface area contributed by atoms with Crippen molar-refractivity contribution in [1.82, 2.24) is 10.2 Å². The lowest BCUT2D eigenvalue weighted by Crippen LogP contribution is -2.56. The monoisotopic (exact) mass is 228 g/mol. The summed E-state index contributed by atoms with van der Waals surface area (Å²) >= 11 is 0. The van der Waals surface area contributed by atoms with Crippen LogP contribution in [0, 0.1) is 0 Å². The summed E-state index contributed by atoms with van der Waals surface area (Å²) in [6, 6.07) is -1.31. The van der Waals surface area contributed by atoms with Gasteiger partial charge in [-0.1, -0.05) is 27.7 Å². The maximum Gasteiger partial charge on any atom is 0.405 e. The Hall–Kier alpha value is -0.290. The fourth-order valence-electron chi connectivity index (χ4n) is 1.17. The van der Waals surface area contributed by atoms with Crippen molar-refractivity contribution in [2.45, 2.75) is 39.9 Å². The van der Waals surface area contributed by atoms with E-state index in [1.165, 1.54) is 11.9 Å². The van der Waals surface area contributed by atoms with E-state index in [1.807, 2.05) is 27.7 Å². The van der Waals surface area contributed by atoms with Crippen molar-refractivity contribution in [2.75, 3.05) is 26.7 Å². The summed E-state index contributed by atoms with van der Waals surface area (Å²) < 4.78 is 36.3. The maximum atomic E-state index is 12.1. The number of nitrogens with zero attached hydrogens (tertiary/aromatic N) is 1. The first-order valence-corrected chi connectivity index (χ1v) is 5.49. The standard InChI is InChI=1S/C6H11F3N2.2C2H6/c1-11-3-2-10-4-5(11)6(7,8)9;2*1-2/h5,10H,2-4H2,1H3;2*1-2H3. The first kappa shape index (κ1) is 17.1. The molecule has 0 aromatic rings. The molecule has 5 heteroatoms. The Morgan fingerprint density at radius 2 is 1.60 bits per heavy atom. The molecule has 0 saturated carbocycles. The number of halogens is 3. The molecule has 1 heterocycles. The van der Waals surface area contributed by atoms with Gasteiger partial charge < -0.3 is 5.32 Å². The second-order valence-corrected chi connectivity index (χ2v) is 2.74. The first-order valence-electron chi connectivity index (χ1n) is 5.49. The summed E-state index contributed by atoms with van der Waals surface area (Å²) in [5.74, 6) is 0. The highest BCUT2D eigenvalue weighted by atomic mass is 19.4. The van der Waals surface area contributed by atoms with Gasteiger partial charge in [-0.05, 0) is 7.05 Å². The van der Waals surface area contributed by atoms with Crippen molar-refractivity contribution in [2.24, 2.45) is 0 Å². The molecule has 0 spiro atoms. The molecule has 0 aromatic heterocycles. The molecule has 15 heavy (non-hydrogen) atoms. The predicted octanol–water partition coefficient (Wildman–Crippen LogP) is 2.50. The van der Waals surface area contributed by atoms with E-state index in [0.717, 1.165) is 0 Å². The van der Waals surface area contributed by atoms with Gasteiger partial charge in [0.05, 0.1) is 0 Å². The molecule has 1 N–H and O–H groups in total. The van der Waals surface area contributed by atoms with Crippen LogP contribution in [-0.4, -0.2) is 43.8 Å². The number of hydrogen-bond donors (Lipinski definition) is 1. The van der Waals surface area contributed by atoms with Crippen molar-refractivity contribution < 1.29 is 13.2 Å². The number of piperazine rings is 1. The van der Waals surface area contributed by atoms with E-state index >= 15 is 0 Å². The summed E-state index contributed by atoms with van der Waals surface area (Å²) in [7, 11) is 1.50. The van der Waals surface area contributed by atoms with Crippen LogP contribution in [0.15, 0.2) is 0 Å². The predicted molar refractivity (Wildman–Crippen MR) is 58.0 cm³/mol. The summed E-state index contributed by atoms with van der Waals surface area (Å²) in [6.07, 6.45) is -4.10. The van der Waals surface area contributed by atoms with E-state index < -0.39 is 12.2 Å². The van der Waals surface area contributed by atoms with Gasteiger partial charge in [-0.15, -0.1) is 0 Å². The normalized spacial score (nSPS) is 22.0. The van der Waals surface area contributed by atoms with E-state index in [9.17, 15) is 13.2 Å². The molecule has 0 aliphatic carbocycles. The van der Waals surface area contributed by atoms with Gasteiger partial charge in [-0.2, -0.15) is 13.2 Å². The Morgan fingerprint density at radius 3 is 1.87 bits per heavy atom. The van der Waals surface area contributed by atoms with Crippen LogP contribution in [-0.2, 0) is 0 Å². The molecule has 1 unspecified atom stereocenters. The van der Waals surface area contributed by atoms with Gasteiger partial charge >= 0.3 is 6.18 Å². The molecule has 94 valence electrons. The fraction of sp³-hybridized carbons (Fsp3) is 1.00. The smallest absolute Gasteiger partial charge is 0.314 e. The lowest BCUT2D eigenvalue weighted by atomic mass is 10.2. The zero-order chi connectivity index (χ0) is 12.5. The molecule has 1 saturated heterocycles. The Labute approximate surface area is 90.8 Å². The minimum Gasteiger partial charge on any atom is -0.314 e. The second-order valence-electron chi connectivity index (χ2n) is 2.74. The summed E-state index contributed by atoms with van der Waals surface area (Å²) in [6.45, 7) is 9.12. The third-order valence-corrected chi connectivity index (χ3v) is 1.89. The van der Waals surface area contributed by atoms with Gasteiger partial charge in [-0.25, -0.2) is 0 Å². The molecular weight excluding hydrogens is 205 g/mol. The molecule has 0 radical (unpaired) electrons. The van der Waals surface area contributed by atoms with Crippen LogP contribution in [0.3, 0.4) is 0 Å². The molecule has 0 aromatic carbocycles. The summed E-state index contributed by atoms with van der Waals surface area (Å²) in [4.78, 5) is 1.33. The average Bonchev–Trinajstić information content (AvgIpc) is 2.23. The highest BCUT2D eigenvalue weighted by Gasteiger charge is 2.42. The second kappa shape index (κ2) is 8.97. The van der Waals surface area contributed by atoms with Crippen LogP contribution in [0.4, 0.5) is 13.2 Å². The quantitative estimate of drug-likeness (QED) is 0.685. The minimum absolute atomic E-state index is 0.0139. The van der Waals surface area contributed by atoms with E-state index in [4.69, 9.17) is 0 Å². The van der Waals surface area contributed by atoms with E-state index in [-0.39, 0.29) is 6.54 Å². The Morgan fingerprint density at radius 1 is 1.13 bits per heavy atom. The molecule has 0 amide bonds. The zero-order valence-electron chi connectivity index (χ0n) is 10.3. The highest BCUT2D eigenvalue weighted by molar-refractivity contribution is 4.82. The van der Waals surface area contributed by atoms with Gasteiger partial charge in [0, 0.05) is 19.6 Å². The molecule has 1 aliphatic heterocycles. The molecule has 1 atom stereocenters. The number of hydrogen-bond acceptors (Lipinski definition) is 2. The summed E-state index contributed by atoms with van der Waals surface area (Å²) in [5.41, 5.74) is 0. The van der Waals surface area contributed by atoms with Crippen LogP contribution >= 0.6 is 0 Å². The minimum atomic E-state index is -4.10. The van der Waals surface area contributed by atoms with Crippen molar-refractivity contribution in [3.05, 3.63) is 0 Å². The lowest BCUT2D eigenvalue weighted by Gasteiger charge is -2.34. The van der Waals surface area contributed by atoms with Gasteiger partial charge in [0.25, 0.3) is 0 Å². The molecule has 1 rings (SSSR count). The third kappa shape index (κ3) is 6.73. The van der Waals surface area contributed by atoms with Crippen molar-refractivity contribution >= 4 is 0 Å². The van der Waals surface area contributed by atoms with Crippen molar-refractivity contribution in [1.29, 1.82) is 0 Å². The van der Waals surface area contributed by atoms with E-state index in [1.54, 1.807) is 0 Å². The molecule has 0 bridgehead atoms. The first-order chi connectivity index (χ1) is 7.02. The maximum absolute atomic E-state index is 12.1. The number of likely N-dealkylation sites (N-methyl/N-ethyl adjacent to an activating group) is 1. The van der Waals surface area contributed by atoms with Crippen LogP contribution in [0.25, 0.3) is 0 Å². The number of rotatable bonds is 0. The lowest BCUT2D eigenvalue weighted by molar-refractivity contribution is -0.183. The Bertz CT molecular complexity index is 137. The Balaban J connectivity index is 0. The van der Waals surface area contributed by atoms with Crippen LogP contribution in [0.5, 0.6) is 0 Å². The molecule has 1 aliphatic rings. The SMILES string of the molecule is CC.CC.CN1CCNCC1C(F)(F)F. The fourth-order valence-corrected chi connectivity index (χ4v) is 1.17. The van der Waals surface area contributed by atoms with Gasteiger partial charge in [0.15, 0.2) is 0 Å². The van der Waals surface area contributed by atoms with Crippen LogP contribution in [0.1, 0.15) is 27.7 Å². The van der Waals surface area contributed by atoms with Gasteiger partial charge in [-0.3, -0.25) is 4.90 Å². The Kier molecular flexibility index (Phi) is 10.2. The topological polar surface area (TPSA) is 15.3 Å². The number of alkyl halides is 3. The molecule has 2 nitrogen and oxygen atoms in total. The molecular formula is C10H23F3N2. The van der Waals surface area contributed by atoms with Crippen LogP contribution in [0.2, 0.25) is 0 Å². The van der Waals surface area contributed by atoms with Gasteiger partial charge in [0.2, 0.25) is 0 Å². The van der Waals surface area contributed by atoms with Crippen molar-refractivity contribution in [3.8, 4) is 0 Å². The molecule has 1 fully saturated rings. The summed E-state index contributed by atoms with van der Waals surface area (Å²) in [5, 5.41) is 2.71. The van der Waals surface area contributed by atoms with E-state index in [0.29, 0.717) is 13.1 Å².